The number of hydrogen-bond acceptors (Lipinski definition) is 2. The molecule has 0 aliphatic carbocycles. The van der Waals surface area contributed by atoms with Crippen molar-refractivity contribution in [2.24, 2.45) is 0 Å². The summed E-state index contributed by atoms with van der Waals surface area (Å²) in [7, 11) is 0. The van der Waals surface area contributed by atoms with Crippen molar-refractivity contribution in [3.05, 3.63) is 59.3 Å². The molecule has 18 heavy (non-hydrogen) atoms. The van der Waals surface area contributed by atoms with E-state index in [4.69, 9.17) is 0 Å². The molecule has 0 atom stereocenters. The molecule has 1 aromatic carbocycles. The number of benzene rings is 1. The van der Waals surface area contributed by atoms with Gasteiger partial charge >= 0.3 is 0 Å². The molecule has 1 amide bonds. The minimum Gasteiger partial charge on any atom is -0.310 e. The summed E-state index contributed by atoms with van der Waals surface area (Å²) in [6.45, 7) is 3.90. The summed E-state index contributed by atoms with van der Waals surface area (Å²) < 4.78 is 0. The highest BCUT2D eigenvalue weighted by Crippen LogP contribution is 2.09. The molecule has 2 aromatic rings. The molecule has 0 aliphatic rings. The number of hydrogen-bond donors (Lipinski definition) is 1. The SMILES string of the molecule is Cc1cc(C)nc(NC(=O)Cc2ccccc2)c1. The van der Waals surface area contributed by atoms with Crippen LogP contribution in [0.2, 0.25) is 0 Å². The monoisotopic (exact) mass is 240 g/mol. The van der Waals surface area contributed by atoms with Crippen LogP contribution in [0, 0.1) is 13.8 Å². The summed E-state index contributed by atoms with van der Waals surface area (Å²) >= 11 is 0. The Labute approximate surface area is 107 Å². The van der Waals surface area contributed by atoms with E-state index in [0.717, 1.165) is 16.8 Å². The fraction of sp³-hybridized carbons (Fsp3) is 0.200. The van der Waals surface area contributed by atoms with Gasteiger partial charge < -0.3 is 5.32 Å². The first-order valence-corrected chi connectivity index (χ1v) is 5.92. The zero-order valence-corrected chi connectivity index (χ0v) is 10.6. The Morgan fingerprint density at radius 2 is 1.89 bits per heavy atom. The topological polar surface area (TPSA) is 42.0 Å². The average molecular weight is 240 g/mol. The third kappa shape index (κ3) is 3.42. The lowest BCUT2D eigenvalue weighted by Crippen LogP contribution is -2.15. The number of aromatic nitrogens is 1. The third-order valence-electron chi connectivity index (χ3n) is 2.57. The van der Waals surface area contributed by atoms with Crippen molar-refractivity contribution < 1.29 is 4.79 Å². The van der Waals surface area contributed by atoms with Gasteiger partial charge in [0.1, 0.15) is 5.82 Å². The van der Waals surface area contributed by atoms with E-state index >= 15 is 0 Å². The van der Waals surface area contributed by atoms with E-state index in [0.29, 0.717) is 12.2 Å². The molecule has 0 saturated carbocycles. The molecular formula is C15H16N2O. The van der Waals surface area contributed by atoms with Gasteiger partial charge in [-0.1, -0.05) is 30.3 Å². The maximum Gasteiger partial charge on any atom is 0.229 e. The van der Waals surface area contributed by atoms with E-state index in [9.17, 15) is 4.79 Å². The second-order valence-corrected chi connectivity index (χ2v) is 4.38. The number of anilines is 1. The minimum atomic E-state index is -0.0429. The molecule has 3 heteroatoms. The van der Waals surface area contributed by atoms with Crippen molar-refractivity contribution in [2.45, 2.75) is 20.3 Å². The van der Waals surface area contributed by atoms with Crippen LogP contribution in [0.3, 0.4) is 0 Å². The number of aryl methyl sites for hydroxylation is 2. The van der Waals surface area contributed by atoms with E-state index in [1.165, 1.54) is 0 Å². The average Bonchev–Trinajstić information content (AvgIpc) is 2.28. The lowest BCUT2D eigenvalue weighted by atomic mass is 10.1. The number of rotatable bonds is 3. The number of amides is 1. The normalized spacial score (nSPS) is 10.1. The first kappa shape index (κ1) is 12.3. The Kier molecular flexibility index (Phi) is 3.72. The molecule has 0 unspecified atom stereocenters. The fourth-order valence-corrected chi connectivity index (χ4v) is 1.87. The number of nitrogens with one attached hydrogen (secondary N) is 1. The van der Waals surface area contributed by atoms with Gasteiger partial charge in [-0.25, -0.2) is 4.98 Å². The summed E-state index contributed by atoms with van der Waals surface area (Å²) in [5, 5.41) is 2.82. The van der Waals surface area contributed by atoms with E-state index in [-0.39, 0.29) is 5.91 Å². The molecule has 1 heterocycles. The van der Waals surface area contributed by atoms with Gasteiger partial charge in [0.05, 0.1) is 6.42 Å². The van der Waals surface area contributed by atoms with Crippen LogP contribution in [0.15, 0.2) is 42.5 Å². The molecule has 0 spiro atoms. The molecule has 0 aliphatic heterocycles. The van der Waals surface area contributed by atoms with Gasteiger partial charge in [-0.05, 0) is 37.1 Å². The van der Waals surface area contributed by atoms with Crippen molar-refractivity contribution >= 4 is 11.7 Å². The van der Waals surface area contributed by atoms with Gasteiger partial charge in [-0.3, -0.25) is 4.79 Å². The van der Waals surface area contributed by atoms with Crippen LogP contribution in [0.25, 0.3) is 0 Å². The van der Waals surface area contributed by atoms with Crippen LogP contribution >= 0.6 is 0 Å². The van der Waals surface area contributed by atoms with Crippen molar-refractivity contribution in [1.29, 1.82) is 0 Å². The summed E-state index contributed by atoms with van der Waals surface area (Å²) in [6, 6.07) is 13.5. The molecule has 2 rings (SSSR count). The zero-order chi connectivity index (χ0) is 13.0. The smallest absolute Gasteiger partial charge is 0.229 e. The van der Waals surface area contributed by atoms with E-state index < -0.39 is 0 Å². The Bertz CT molecular complexity index is 529. The molecular weight excluding hydrogens is 224 g/mol. The predicted molar refractivity (Wildman–Crippen MR) is 72.5 cm³/mol. The minimum absolute atomic E-state index is 0.0429. The number of carbonyl (C=O) groups excluding carboxylic acids is 1. The molecule has 0 radical (unpaired) electrons. The van der Waals surface area contributed by atoms with Gasteiger partial charge in [0.2, 0.25) is 5.91 Å². The first-order valence-electron chi connectivity index (χ1n) is 5.92. The Balaban J connectivity index is 2.03. The van der Waals surface area contributed by atoms with Gasteiger partial charge in [-0.2, -0.15) is 0 Å². The fourth-order valence-electron chi connectivity index (χ4n) is 1.87. The van der Waals surface area contributed by atoms with Crippen LogP contribution < -0.4 is 5.32 Å². The molecule has 0 bridgehead atoms. The molecule has 0 fully saturated rings. The van der Waals surface area contributed by atoms with Gasteiger partial charge in [0.25, 0.3) is 0 Å². The standard InChI is InChI=1S/C15H16N2O/c1-11-8-12(2)16-14(9-11)17-15(18)10-13-6-4-3-5-7-13/h3-9H,10H2,1-2H3,(H,16,17,18). The second-order valence-electron chi connectivity index (χ2n) is 4.38. The number of pyridine rings is 1. The van der Waals surface area contributed by atoms with Crippen LogP contribution in [0.4, 0.5) is 5.82 Å². The van der Waals surface area contributed by atoms with E-state index in [1.807, 2.05) is 56.3 Å². The van der Waals surface area contributed by atoms with Gasteiger partial charge in [-0.15, -0.1) is 0 Å². The Morgan fingerprint density at radius 1 is 1.17 bits per heavy atom. The summed E-state index contributed by atoms with van der Waals surface area (Å²) in [5.74, 6) is 0.576. The maximum absolute atomic E-state index is 11.9. The van der Waals surface area contributed by atoms with Crippen molar-refractivity contribution in [1.82, 2.24) is 4.98 Å². The lowest BCUT2D eigenvalue weighted by molar-refractivity contribution is -0.115. The Morgan fingerprint density at radius 3 is 2.56 bits per heavy atom. The first-order chi connectivity index (χ1) is 8.63. The van der Waals surface area contributed by atoms with Gasteiger partial charge in [0.15, 0.2) is 0 Å². The highest BCUT2D eigenvalue weighted by molar-refractivity contribution is 5.91. The number of nitrogens with zero attached hydrogens (tertiary/aromatic N) is 1. The van der Waals surface area contributed by atoms with E-state index in [2.05, 4.69) is 10.3 Å². The van der Waals surface area contributed by atoms with Crippen LogP contribution in [-0.4, -0.2) is 10.9 Å². The molecule has 0 saturated heterocycles. The lowest BCUT2D eigenvalue weighted by Gasteiger charge is -2.06. The summed E-state index contributed by atoms with van der Waals surface area (Å²) in [5.41, 5.74) is 3.00. The predicted octanol–water partition coefficient (Wildman–Crippen LogP) is 2.88. The maximum atomic E-state index is 11.9. The van der Waals surface area contributed by atoms with Crippen molar-refractivity contribution in [3.63, 3.8) is 0 Å². The summed E-state index contributed by atoms with van der Waals surface area (Å²) in [4.78, 5) is 16.1. The van der Waals surface area contributed by atoms with Crippen LogP contribution in [-0.2, 0) is 11.2 Å². The molecule has 1 N–H and O–H groups in total. The Hall–Kier alpha value is -2.16. The molecule has 92 valence electrons. The van der Waals surface area contributed by atoms with E-state index in [1.54, 1.807) is 0 Å². The van der Waals surface area contributed by atoms with Gasteiger partial charge in [0, 0.05) is 5.69 Å². The highest BCUT2D eigenvalue weighted by Gasteiger charge is 2.05. The summed E-state index contributed by atoms with van der Waals surface area (Å²) in [6.07, 6.45) is 0.371. The molecule has 3 nitrogen and oxygen atoms in total. The van der Waals surface area contributed by atoms with Crippen molar-refractivity contribution in [3.8, 4) is 0 Å². The second kappa shape index (κ2) is 5.45. The highest BCUT2D eigenvalue weighted by atomic mass is 16.1. The number of carbonyl (C=O) groups is 1. The molecule has 1 aromatic heterocycles. The zero-order valence-electron chi connectivity index (χ0n) is 10.6. The largest absolute Gasteiger partial charge is 0.310 e. The third-order valence-corrected chi connectivity index (χ3v) is 2.57. The van der Waals surface area contributed by atoms with Crippen LogP contribution in [0.5, 0.6) is 0 Å². The van der Waals surface area contributed by atoms with Crippen LogP contribution in [0.1, 0.15) is 16.8 Å². The quantitative estimate of drug-likeness (QED) is 0.896. The van der Waals surface area contributed by atoms with Crippen molar-refractivity contribution in [2.75, 3.05) is 5.32 Å².